The zero-order valence-electron chi connectivity index (χ0n) is 19.3. The zero-order chi connectivity index (χ0) is 24.6. The van der Waals surface area contributed by atoms with Gasteiger partial charge in [0.25, 0.3) is 5.91 Å². The second-order valence-electron chi connectivity index (χ2n) is 9.99. The van der Waals surface area contributed by atoms with Crippen molar-refractivity contribution in [2.75, 3.05) is 10.2 Å². The molecule has 0 radical (unpaired) electrons. The summed E-state index contributed by atoms with van der Waals surface area (Å²) in [6.45, 7) is 0. The molecule has 36 heavy (non-hydrogen) atoms. The van der Waals surface area contributed by atoms with Gasteiger partial charge in [0.2, 0.25) is 11.8 Å². The molecular weight excluding hydrogens is 452 g/mol. The molecule has 1 saturated carbocycles. The summed E-state index contributed by atoms with van der Waals surface area (Å²) in [4.78, 5) is 53.3. The van der Waals surface area contributed by atoms with Gasteiger partial charge in [0, 0.05) is 22.4 Å². The SMILES string of the molecule is O=C(Nc1ccc2c(c1)C(=O)c1ccccc1-2)c1ccc(N2C(=O)C3C4C=CC(CC4)C3C2=O)cc1. The Hall–Kier alpha value is -4.32. The van der Waals surface area contributed by atoms with E-state index in [4.69, 9.17) is 0 Å². The van der Waals surface area contributed by atoms with Crippen molar-refractivity contribution >= 4 is 34.9 Å². The number of carbonyl (C=O) groups excluding carboxylic acids is 4. The third-order valence-electron chi connectivity index (χ3n) is 8.13. The van der Waals surface area contributed by atoms with Crippen LogP contribution in [0.2, 0.25) is 0 Å². The Balaban J connectivity index is 1.10. The summed E-state index contributed by atoms with van der Waals surface area (Å²) in [5.74, 6) is -0.910. The van der Waals surface area contributed by atoms with Crippen molar-refractivity contribution in [3.05, 3.63) is 95.6 Å². The summed E-state index contributed by atoms with van der Waals surface area (Å²) in [6.07, 6.45) is 6.11. The number of imide groups is 1. The Kier molecular flexibility index (Phi) is 4.43. The second kappa shape index (κ2) is 7.59. The van der Waals surface area contributed by atoms with Crippen molar-refractivity contribution in [1.29, 1.82) is 0 Å². The molecule has 6 nitrogen and oxygen atoms in total. The van der Waals surface area contributed by atoms with E-state index in [1.165, 1.54) is 4.90 Å². The van der Waals surface area contributed by atoms with Gasteiger partial charge < -0.3 is 5.32 Å². The lowest BCUT2D eigenvalue weighted by Gasteiger charge is -2.38. The van der Waals surface area contributed by atoms with Crippen LogP contribution in [-0.2, 0) is 9.59 Å². The number of hydrogen-bond acceptors (Lipinski definition) is 4. The van der Waals surface area contributed by atoms with Gasteiger partial charge in [-0.2, -0.15) is 0 Å². The van der Waals surface area contributed by atoms with E-state index in [0.29, 0.717) is 28.1 Å². The highest BCUT2D eigenvalue weighted by Crippen LogP contribution is 2.50. The quantitative estimate of drug-likeness (QED) is 0.340. The molecule has 2 fully saturated rings. The first kappa shape index (κ1) is 21.0. The van der Waals surface area contributed by atoms with Crippen LogP contribution in [0.15, 0.2) is 78.9 Å². The highest BCUT2D eigenvalue weighted by atomic mass is 16.2. The fourth-order valence-corrected chi connectivity index (χ4v) is 6.40. The normalized spacial score (nSPS) is 25.1. The average molecular weight is 475 g/mol. The maximum absolute atomic E-state index is 13.2. The minimum Gasteiger partial charge on any atom is -0.322 e. The molecule has 1 heterocycles. The zero-order valence-corrected chi connectivity index (χ0v) is 19.3. The van der Waals surface area contributed by atoms with Gasteiger partial charge in [-0.15, -0.1) is 0 Å². The number of hydrogen-bond donors (Lipinski definition) is 1. The minimum absolute atomic E-state index is 0.0507. The lowest BCUT2D eigenvalue weighted by Crippen LogP contribution is -2.38. The molecule has 1 aliphatic heterocycles. The third kappa shape index (κ3) is 2.90. The first-order valence-corrected chi connectivity index (χ1v) is 12.3. The number of amides is 3. The monoisotopic (exact) mass is 474 g/mol. The maximum atomic E-state index is 13.2. The number of nitrogens with one attached hydrogen (secondary N) is 1. The standard InChI is InChI=1S/C30H22N2O4/c33-27-23-4-2-1-3-21(23)22-14-11-19(15-24(22)27)31-28(34)18-9-12-20(13-10-18)32-29(35)25-16-5-6-17(8-7-16)26(25)30(32)36/h1-6,9-17,25-26H,7-8H2,(H,31,34). The van der Waals surface area contributed by atoms with Crippen LogP contribution in [-0.4, -0.2) is 23.5 Å². The van der Waals surface area contributed by atoms with Crippen molar-refractivity contribution in [3.8, 4) is 11.1 Å². The molecule has 4 aliphatic carbocycles. The van der Waals surface area contributed by atoms with Crippen molar-refractivity contribution in [1.82, 2.24) is 0 Å². The van der Waals surface area contributed by atoms with Crippen molar-refractivity contribution < 1.29 is 19.2 Å². The molecule has 4 unspecified atom stereocenters. The second-order valence-corrected chi connectivity index (χ2v) is 9.99. The van der Waals surface area contributed by atoms with E-state index in [1.54, 1.807) is 36.4 Å². The van der Waals surface area contributed by atoms with E-state index in [-0.39, 0.29) is 47.2 Å². The van der Waals surface area contributed by atoms with Gasteiger partial charge in [0.15, 0.2) is 5.78 Å². The highest BCUT2D eigenvalue weighted by Gasteiger charge is 2.56. The Labute approximate surface area is 207 Å². The van der Waals surface area contributed by atoms with Gasteiger partial charge in [-0.25, -0.2) is 0 Å². The van der Waals surface area contributed by atoms with Crippen molar-refractivity contribution in [3.63, 3.8) is 0 Å². The van der Waals surface area contributed by atoms with E-state index < -0.39 is 0 Å². The number of nitrogens with zero attached hydrogens (tertiary/aromatic N) is 1. The number of rotatable bonds is 3. The predicted molar refractivity (Wildman–Crippen MR) is 135 cm³/mol. The summed E-state index contributed by atoms with van der Waals surface area (Å²) in [6, 6.07) is 19.4. The van der Waals surface area contributed by atoms with Crippen LogP contribution in [0.25, 0.3) is 11.1 Å². The molecule has 0 spiro atoms. The van der Waals surface area contributed by atoms with E-state index in [9.17, 15) is 19.2 Å². The molecule has 0 aromatic heterocycles. The number of benzene rings is 3. The lowest BCUT2D eigenvalue weighted by atomic mass is 9.63. The maximum Gasteiger partial charge on any atom is 0.255 e. The van der Waals surface area contributed by atoms with Crippen LogP contribution >= 0.6 is 0 Å². The van der Waals surface area contributed by atoms with Gasteiger partial charge in [-0.05, 0) is 72.2 Å². The highest BCUT2D eigenvalue weighted by molar-refractivity contribution is 6.23. The molecule has 1 N–H and O–H groups in total. The Morgan fingerprint density at radius 1 is 0.722 bits per heavy atom. The Morgan fingerprint density at radius 2 is 1.33 bits per heavy atom. The Bertz CT molecular complexity index is 1490. The molecule has 2 bridgehead atoms. The predicted octanol–water partition coefficient (Wildman–Crippen LogP) is 4.85. The Morgan fingerprint density at radius 3 is 1.97 bits per heavy atom. The molecule has 8 rings (SSSR count). The molecule has 5 aliphatic rings. The molecule has 3 aromatic carbocycles. The van der Waals surface area contributed by atoms with E-state index in [1.807, 2.05) is 30.3 Å². The first-order chi connectivity index (χ1) is 17.5. The van der Waals surface area contributed by atoms with Crippen LogP contribution in [0.5, 0.6) is 0 Å². The van der Waals surface area contributed by atoms with Crippen LogP contribution in [0, 0.1) is 23.7 Å². The van der Waals surface area contributed by atoms with E-state index in [2.05, 4.69) is 17.5 Å². The van der Waals surface area contributed by atoms with Gasteiger partial charge in [0.1, 0.15) is 0 Å². The topological polar surface area (TPSA) is 83.6 Å². The molecule has 176 valence electrons. The summed E-state index contributed by atoms with van der Waals surface area (Å²) >= 11 is 0. The lowest BCUT2D eigenvalue weighted by molar-refractivity contribution is -0.124. The number of fused-ring (bicyclic) bond motifs is 4. The summed E-state index contributed by atoms with van der Waals surface area (Å²) in [5.41, 5.74) is 4.42. The molecule has 3 amide bonds. The summed E-state index contributed by atoms with van der Waals surface area (Å²) in [7, 11) is 0. The van der Waals surface area contributed by atoms with E-state index >= 15 is 0 Å². The number of allylic oxidation sites excluding steroid dienone is 2. The van der Waals surface area contributed by atoms with Crippen LogP contribution in [0.4, 0.5) is 11.4 Å². The van der Waals surface area contributed by atoms with E-state index in [0.717, 1.165) is 24.0 Å². The first-order valence-electron chi connectivity index (χ1n) is 12.3. The number of carbonyl (C=O) groups is 4. The molecule has 6 heteroatoms. The van der Waals surface area contributed by atoms with Crippen molar-refractivity contribution in [2.24, 2.45) is 23.7 Å². The molecule has 4 atom stereocenters. The van der Waals surface area contributed by atoms with Gasteiger partial charge in [0.05, 0.1) is 17.5 Å². The fourth-order valence-electron chi connectivity index (χ4n) is 6.40. The molecule has 1 saturated heterocycles. The van der Waals surface area contributed by atoms with Gasteiger partial charge in [-0.1, -0.05) is 42.5 Å². The number of ketones is 1. The van der Waals surface area contributed by atoms with Crippen LogP contribution in [0.1, 0.15) is 39.1 Å². The van der Waals surface area contributed by atoms with Crippen molar-refractivity contribution in [2.45, 2.75) is 12.8 Å². The van der Waals surface area contributed by atoms with Crippen LogP contribution in [0.3, 0.4) is 0 Å². The molecule has 3 aromatic rings. The number of anilines is 2. The summed E-state index contributed by atoms with van der Waals surface area (Å²) < 4.78 is 0. The van der Waals surface area contributed by atoms with Gasteiger partial charge >= 0.3 is 0 Å². The third-order valence-corrected chi connectivity index (χ3v) is 8.13. The summed E-state index contributed by atoms with van der Waals surface area (Å²) in [5, 5.41) is 2.86. The largest absolute Gasteiger partial charge is 0.322 e. The van der Waals surface area contributed by atoms with Gasteiger partial charge in [-0.3, -0.25) is 24.1 Å². The fraction of sp³-hybridized carbons (Fsp3) is 0.200. The smallest absolute Gasteiger partial charge is 0.255 e. The average Bonchev–Trinajstić information content (AvgIpc) is 3.36. The minimum atomic E-state index is -0.334. The van der Waals surface area contributed by atoms with Crippen LogP contribution < -0.4 is 10.2 Å². The molecular formula is C30H22N2O4.